The van der Waals surface area contributed by atoms with E-state index in [1.807, 2.05) is 24.3 Å². The lowest BCUT2D eigenvalue weighted by Crippen LogP contribution is -2.08. The van der Waals surface area contributed by atoms with Gasteiger partial charge in [0.05, 0.1) is 6.54 Å². The van der Waals surface area contributed by atoms with Crippen molar-refractivity contribution in [3.05, 3.63) is 56.7 Å². The maximum atomic E-state index is 10.2. The maximum Gasteiger partial charge on any atom is 0.207 e. The number of thiophene rings is 1. The van der Waals surface area contributed by atoms with Gasteiger partial charge in [0.15, 0.2) is 0 Å². The van der Waals surface area contributed by atoms with Crippen LogP contribution < -0.4 is 5.32 Å². The fraction of sp³-hybridized carbons (Fsp3) is 0.154. The largest absolute Gasteiger partial charge is 0.354 e. The van der Waals surface area contributed by atoms with Gasteiger partial charge in [-0.2, -0.15) is 0 Å². The second kappa shape index (κ2) is 5.84. The van der Waals surface area contributed by atoms with Gasteiger partial charge in [-0.15, -0.1) is 11.3 Å². The van der Waals surface area contributed by atoms with Crippen LogP contribution in [0.3, 0.4) is 0 Å². The van der Waals surface area contributed by atoms with E-state index < -0.39 is 0 Å². The van der Waals surface area contributed by atoms with Gasteiger partial charge in [0.1, 0.15) is 0 Å². The second-order valence-electron chi connectivity index (χ2n) is 3.69. The Morgan fingerprint density at radius 2 is 2.18 bits per heavy atom. The maximum absolute atomic E-state index is 10.2. The highest BCUT2D eigenvalue weighted by Gasteiger charge is 2.03. The van der Waals surface area contributed by atoms with Crippen LogP contribution in [0.4, 0.5) is 0 Å². The van der Waals surface area contributed by atoms with E-state index in [1.54, 1.807) is 11.3 Å². The number of hydrogen-bond donors (Lipinski definition) is 1. The topological polar surface area (TPSA) is 29.1 Å². The summed E-state index contributed by atoms with van der Waals surface area (Å²) >= 11 is 7.76. The van der Waals surface area contributed by atoms with Gasteiger partial charge in [-0.3, -0.25) is 4.79 Å². The van der Waals surface area contributed by atoms with Crippen molar-refractivity contribution in [2.24, 2.45) is 0 Å². The minimum Gasteiger partial charge on any atom is -0.354 e. The summed E-state index contributed by atoms with van der Waals surface area (Å²) in [6, 6.07) is 9.95. The predicted molar refractivity (Wildman–Crippen MR) is 71.5 cm³/mol. The summed E-state index contributed by atoms with van der Waals surface area (Å²) in [5.41, 5.74) is 2.35. The van der Waals surface area contributed by atoms with E-state index in [1.165, 1.54) is 5.56 Å². The summed E-state index contributed by atoms with van der Waals surface area (Å²) in [6.07, 6.45) is 1.55. The molecule has 4 heteroatoms. The molecule has 0 bridgehead atoms. The van der Waals surface area contributed by atoms with Crippen molar-refractivity contribution in [3.8, 4) is 0 Å². The van der Waals surface area contributed by atoms with Crippen LogP contribution in [0.15, 0.2) is 35.7 Å². The van der Waals surface area contributed by atoms with E-state index in [9.17, 15) is 4.79 Å². The fourth-order valence-corrected chi connectivity index (χ4v) is 2.66. The van der Waals surface area contributed by atoms with Gasteiger partial charge >= 0.3 is 0 Å². The molecule has 2 aromatic rings. The number of nitrogens with one attached hydrogen (secondary N) is 1. The Morgan fingerprint density at radius 3 is 2.94 bits per heavy atom. The Labute approximate surface area is 109 Å². The minimum atomic E-state index is 0.594. The molecule has 1 aromatic heterocycles. The van der Waals surface area contributed by atoms with E-state index >= 15 is 0 Å². The Hall–Kier alpha value is -1.32. The molecule has 2 rings (SSSR count). The van der Waals surface area contributed by atoms with Crippen LogP contribution in [-0.2, 0) is 17.8 Å². The molecule has 1 aromatic carbocycles. The molecule has 1 N–H and O–H groups in total. The number of amides is 1. The van der Waals surface area contributed by atoms with Gasteiger partial charge in [-0.25, -0.2) is 0 Å². The fourth-order valence-electron chi connectivity index (χ4n) is 1.62. The van der Waals surface area contributed by atoms with Crippen molar-refractivity contribution in [1.82, 2.24) is 5.32 Å². The lowest BCUT2D eigenvalue weighted by Gasteiger charge is -2.01. The smallest absolute Gasteiger partial charge is 0.207 e. The lowest BCUT2D eigenvalue weighted by atomic mass is 10.1. The molecule has 0 unspecified atom stereocenters. The number of halogens is 1. The van der Waals surface area contributed by atoms with Crippen molar-refractivity contribution in [3.63, 3.8) is 0 Å². The van der Waals surface area contributed by atoms with Gasteiger partial charge in [0.25, 0.3) is 0 Å². The molecule has 0 aliphatic heterocycles. The zero-order valence-corrected chi connectivity index (χ0v) is 10.7. The lowest BCUT2D eigenvalue weighted by molar-refractivity contribution is -0.109. The quantitative estimate of drug-likeness (QED) is 0.827. The average molecular weight is 266 g/mol. The van der Waals surface area contributed by atoms with Gasteiger partial charge in [-0.05, 0) is 35.1 Å². The number of hydrogen-bond acceptors (Lipinski definition) is 2. The van der Waals surface area contributed by atoms with E-state index in [4.69, 9.17) is 11.6 Å². The molecule has 0 spiro atoms. The van der Waals surface area contributed by atoms with Crippen LogP contribution in [0.1, 0.15) is 16.0 Å². The summed E-state index contributed by atoms with van der Waals surface area (Å²) in [5, 5.41) is 5.56. The van der Waals surface area contributed by atoms with Crippen LogP contribution in [0, 0.1) is 0 Å². The predicted octanol–water partition coefficient (Wildman–Crippen LogP) is 3.24. The molecular weight excluding hydrogens is 254 g/mol. The number of carbonyl (C=O) groups is 1. The molecule has 17 heavy (non-hydrogen) atoms. The van der Waals surface area contributed by atoms with Crippen LogP contribution in [0.25, 0.3) is 0 Å². The Morgan fingerprint density at radius 1 is 1.35 bits per heavy atom. The summed E-state index contributed by atoms with van der Waals surface area (Å²) in [4.78, 5) is 11.3. The second-order valence-corrected chi connectivity index (χ2v) is 5.09. The molecule has 0 radical (unpaired) electrons. The van der Waals surface area contributed by atoms with Crippen molar-refractivity contribution in [2.45, 2.75) is 13.0 Å². The highest BCUT2D eigenvalue weighted by molar-refractivity contribution is 7.10. The molecule has 0 fully saturated rings. The zero-order chi connectivity index (χ0) is 12.1. The highest BCUT2D eigenvalue weighted by atomic mass is 35.5. The van der Waals surface area contributed by atoms with Crippen molar-refractivity contribution < 1.29 is 4.79 Å². The summed E-state index contributed by atoms with van der Waals surface area (Å²) in [6.45, 7) is 0.594. The third-order valence-electron chi connectivity index (χ3n) is 2.42. The summed E-state index contributed by atoms with van der Waals surface area (Å²) in [5.74, 6) is 0. The molecule has 88 valence electrons. The van der Waals surface area contributed by atoms with Crippen LogP contribution >= 0.6 is 22.9 Å². The van der Waals surface area contributed by atoms with Gasteiger partial charge in [-0.1, -0.05) is 29.8 Å². The zero-order valence-electron chi connectivity index (χ0n) is 9.15. The number of rotatable bonds is 5. The van der Waals surface area contributed by atoms with Crippen molar-refractivity contribution >= 4 is 29.3 Å². The Kier molecular flexibility index (Phi) is 4.18. The molecule has 0 saturated carbocycles. The Bertz CT molecular complexity index is 510. The van der Waals surface area contributed by atoms with Crippen molar-refractivity contribution in [1.29, 1.82) is 0 Å². The third kappa shape index (κ3) is 3.32. The summed E-state index contributed by atoms with van der Waals surface area (Å²) < 4.78 is 0. The van der Waals surface area contributed by atoms with Crippen LogP contribution in [0.5, 0.6) is 0 Å². The van der Waals surface area contributed by atoms with Gasteiger partial charge in [0, 0.05) is 9.90 Å². The van der Waals surface area contributed by atoms with E-state index in [2.05, 4.69) is 16.8 Å². The molecule has 1 heterocycles. The molecule has 0 atom stereocenters. The van der Waals surface area contributed by atoms with E-state index in [0.717, 1.165) is 21.9 Å². The van der Waals surface area contributed by atoms with Crippen LogP contribution in [-0.4, -0.2) is 6.41 Å². The number of carbonyl (C=O) groups excluding carboxylic acids is 1. The normalized spacial score (nSPS) is 10.2. The van der Waals surface area contributed by atoms with Crippen LogP contribution in [0.2, 0.25) is 5.02 Å². The first-order chi connectivity index (χ1) is 8.29. The third-order valence-corrected chi connectivity index (χ3v) is 3.77. The summed E-state index contributed by atoms with van der Waals surface area (Å²) in [7, 11) is 0. The average Bonchev–Trinajstić information content (AvgIpc) is 2.77. The first kappa shape index (κ1) is 12.1. The molecule has 0 aliphatic carbocycles. The molecule has 0 aliphatic rings. The first-order valence-corrected chi connectivity index (χ1v) is 6.52. The van der Waals surface area contributed by atoms with Gasteiger partial charge < -0.3 is 5.32 Å². The van der Waals surface area contributed by atoms with E-state index in [0.29, 0.717) is 13.0 Å². The van der Waals surface area contributed by atoms with E-state index in [-0.39, 0.29) is 0 Å². The molecule has 1 amide bonds. The van der Waals surface area contributed by atoms with Crippen molar-refractivity contribution in [2.75, 3.05) is 0 Å². The Balaban J connectivity index is 2.06. The molecular formula is C13H12ClNOS. The molecule has 0 saturated heterocycles. The highest BCUT2D eigenvalue weighted by Crippen LogP contribution is 2.22. The first-order valence-electron chi connectivity index (χ1n) is 5.26. The monoisotopic (exact) mass is 265 g/mol. The standard InChI is InChI=1S/C13H12ClNOS/c14-13-4-2-1-3-11(13)5-10-6-12(17-8-10)7-15-9-16/h1-4,6,8-9H,5,7H2,(H,15,16). The molecule has 2 nitrogen and oxygen atoms in total. The number of benzene rings is 1. The van der Waals surface area contributed by atoms with Gasteiger partial charge in [0.2, 0.25) is 6.41 Å². The SMILES string of the molecule is O=CNCc1cc(Cc2ccccc2Cl)cs1. The minimum absolute atomic E-state index is 0.594.